The summed E-state index contributed by atoms with van der Waals surface area (Å²) in [7, 11) is 0. The summed E-state index contributed by atoms with van der Waals surface area (Å²) in [5.74, 6) is 1.37. The van der Waals surface area contributed by atoms with Crippen molar-refractivity contribution in [2.45, 2.75) is 51.0 Å². The van der Waals surface area contributed by atoms with Crippen molar-refractivity contribution in [3.05, 3.63) is 0 Å². The lowest BCUT2D eigenvalue weighted by Crippen LogP contribution is -2.47. The SMILES string of the molecule is O=C1CCCN1CC1CCCCN1CC1CC1. The van der Waals surface area contributed by atoms with Crippen LogP contribution < -0.4 is 0 Å². The minimum Gasteiger partial charge on any atom is -0.341 e. The molecule has 0 aromatic heterocycles. The molecule has 3 rings (SSSR count). The van der Waals surface area contributed by atoms with Crippen LogP contribution in [-0.2, 0) is 4.79 Å². The van der Waals surface area contributed by atoms with Crippen LogP contribution in [0.1, 0.15) is 44.9 Å². The van der Waals surface area contributed by atoms with Crippen LogP contribution in [0.25, 0.3) is 0 Å². The normalized spacial score (nSPS) is 31.2. The molecule has 0 aromatic carbocycles. The van der Waals surface area contributed by atoms with Crippen molar-refractivity contribution in [1.29, 1.82) is 0 Å². The predicted molar refractivity (Wildman–Crippen MR) is 67.8 cm³/mol. The molecule has 0 spiro atoms. The van der Waals surface area contributed by atoms with E-state index in [9.17, 15) is 4.79 Å². The Bertz CT molecular complexity index is 288. The molecule has 0 aromatic rings. The molecule has 3 aliphatic rings. The number of amides is 1. The second kappa shape index (κ2) is 4.97. The highest BCUT2D eigenvalue weighted by molar-refractivity contribution is 5.78. The van der Waals surface area contributed by atoms with E-state index in [4.69, 9.17) is 0 Å². The number of piperidine rings is 1. The van der Waals surface area contributed by atoms with E-state index < -0.39 is 0 Å². The Kier molecular flexibility index (Phi) is 3.37. The molecule has 2 aliphatic heterocycles. The minimum absolute atomic E-state index is 0.391. The molecule has 0 bridgehead atoms. The second-order valence-electron chi connectivity index (χ2n) is 6.03. The van der Waals surface area contributed by atoms with E-state index in [-0.39, 0.29) is 0 Å². The summed E-state index contributed by atoms with van der Waals surface area (Å²) < 4.78 is 0. The zero-order valence-electron chi connectivity index (χ0n) is 10.7. The van der Waals surface area contributed by atoms with Gasteiger partial charge in [-0.25, -0.2) is 0 Å². The Morgan fingerprint density at radius 1 is 1.00 bits per heavy atom. The Morgan fingerprint density at radius 2 is 1.88 bits per heavy atom. The highest BCUT2D eigenvalue weighted by Gasteiger charge is 2.32. The van der Waals surface area contributed by atoms with Crippen LogP contribution in [0.2, 0.25) is 0 Å². The van der Waals surface area contributed by atoms with E-state index in [0.29, 0.717) is 11.9 Å². The minimum atomic E-state index is 0.391. The van der Waals surface area contributed by atoms with Gasteiger partial charge in [0.05, 0.1) is 0 Å². The average Bonchev–Trinajstić information content (AvgIpc) is 3.06. The van der Waals surface area contributed by atoms with Crippen LogP contribution in [-0.4, -0.2) is 47.9 Å². The lowest BCUT2D eigenvalue weighted by molar-refractivity contribution is -0.128. The first-order chi connectivity index (χ1) is 8.33. The number of nitrogens with zero attached hydrogens (tertiary/aromatic N) is 2. The second-order valence-corrected chi connectivity index (χ2v) is 6.03. The van der Waals surface area contributed by atoms with E-state index in [1.165, 1.54) is 45.2 Å². The summed E-state index contributed by atoms with van der Waals surface area (Å²) >= 11 is 0. The molecule has 96 valence electrons. The Labute approximate surface area is 104 Å². The summed E-state index contributed by atoms with van der Waals surface area (Å²) in [4.78, 5) is 16.5. The number of likely N-dealkylation sites (tertiary alicyclic amines) is 2. The lowest BCUT2D eigenvalue weighted by Gasteiger charge is -2.38. The summed E-state index contributed by atoms with van der Waals surface area (Å²) in [6, 6.07) is 0.659. The topological polar surface area (TPSA) is 23.6 Å². The molecule has 3 heteroatoms. The van der Waals surface area contributed by atoms with Gasteiger partial charge in [-0.1, -0.05) is 6.42 Å². The largest absolute Gasteiger partial charge is 0.341 e. The van der Waals surface area contributed by atoms with Crippen LogP contribution in [0, 0.1) is 5.92 Å². The maximum absolute atomic E-state index is 11.7. The molecule has 1 amide bonds. The number of carbonyl (C=O) groups is 1. The fourth-order valence-corrected chi connectivity index (χ4v) is 3.29. The third kappa shape index (κ3) is 2.82. The van der Waals surface area contributed by atoms with Gasteiger partial charge in [0.25, 0.3) is 0 Å². The molecule has 0 N–H and O–H groups in total. The highest BCUT2D eigenvalue weighted by Crippen LogP contribution is 2.32. The molecule has 2 saturated heterocycles. The molecule has 17 heavy (non-hydrogen) atoms. The van der Waals surface area contributed by atoms with Gasteiger partial charge < -0.3 is 4.90 Å². The van der Waals surface area contributed by atoms with Gasteiger partial charge in [-0.3, -0.25) is 9.69 Å². The zero-order chi connectivity index (χ0) is 11.7. The summed E-state index contributed by atoms with van der Waals surface area (Å²) in [6.45, 7) is 4.58. The fraction of sp³-hybridized carbons (Fsp3) is 0.929. The highest BCUT2D eigenvalue weighted by atomic mass is 16.2. The lowest BCUT2D eigenvalue weighted by atomic mass is 10.0. The molecule has 3 nitrogen and oxygen atoms in total. The third-order valence-corrected chi connectivity index (χ3v) is 4.54. The first-order valence-electron chi connectivity index (χ1n) is 7.35. The van der Waals surface area contributed by atoms with Gasteiger partial charge in [-0.15, -0.1) is 0 Å². The standard InChI is InChI=1S/C14H24N2O/c17-14-5-3-9-16(14)11-13-4-1-2-8-15(13)10-12-6-7-12/h12-13H,1-11H2. The summed E-state index contributed by atoms with van der Waals surface area (Å²) in [5.41, 5.74) is 0. The van der Waals surface area contributed by atoms with E-state index in [0.717, 1.165) is 31.8 Å². The number of carbonyl (C=O) groups excluding carboxylic acids is 1. The number of hydrogen-bond donors (Lipinski definition) is 0. The van der Waals surface area contributed by atoms with Crippen LogP contribution in [0.4, 0.5) is 0 Å². The van der Waals surface area contributed by atoms with Crippen LogP contribution in [0.5, 0.6) is 0 Å². The molecule has 2 heterocycles. The number of rotatable bonds is 4. The van der Waals surface area contributed by atoms with Crippen LogP contribution >= 0.6 is 0 Å². The van der Waals surface area contributed by atoms with Crippen molar-refractivity contribution in [1.82, 2.24) is 9.80 Å². The Balaban J connectivity index is 1.56. The Hall–Kier alpha value is -0.570. The first kappa shape index (κ1) is 11.5. The van der Waals surface area contributed by atoms with Crippen molar-refractivity contribution < 1.29 is 4.79 Å². The molecule has 1 atom stereocenters. The van der Waals surface area contributed by atoms with Crippen LogP contribution in [0.15, 0.2) is 0 Å². The molecule has 0 radical (unpaired) electrons. The predicted octanol–water partition coefficient (Wildman–Crippen LogP) is 1.87. The van der Waals surface area contributed by atoms with Gasteiger partial charge in [0.15, 0.2) is 0 Å². The van der Waals surface area contributed by atoms with Crippen molar-refractivity contribution >= 4 is 5.91 Å². The van der Waals surface area contributed by atoms with Gasteiger partial charge in [-0.05, 0) is 44.6 Å². The maximum atomic E-state index is 11.7. The molecule has 1 saturated carbocycles. The van der Waals surface area contributed by atoms with Crippen molar-refractivity contribution in [2.24, 2.45) is 5.92 Å². The fourth-order valence-electron chi connectivity index (χ4n) is 3.29. The van der Waals surface area contributed by atoms with Gasteiger partial charge in [0.1, 0.15) is 0 Å². The van der Waals surface area contributed by atoms with E-state index in [1.54, 1.807) is 0 Å². The Morgan fingerprint density at radius 3 is 2.59 bits per heavy atom. The summed E-state index contributed by atoms with van der Waals surface area (Å²) in [6.07, 6.45) is 8.75. The van der Waals surface area contributed by atoms with Crippen molar-refractivity contribution in [3.8, 4) is 0 Å². The molecule has 3 fully saturated rings. The monoisotopic (exact) mass is 236 g/mol. The molecular weight excluding hydrogens is 212 g/mol. The van der Waals surface area contributed by atoms with Crippen LogP contribution in [0.3, 0.4) is 0 Å². The van der Waals surface area contributed by atoms with E-state index in [2.05, 4.69) is 9.80 Å². The van der Waals surface area contributed by atoms with E-state index in [1.807, 2.05) is 0 Å². The maximum Gasteiger partial charge on any atom is 0.222 e. The quantitative estimate of drug-likeness (QED) is 0.744. The number of hydrogen-bond acceptors (Lipinski definition) is 2. The van der Waals surface area contributed by atoms with Gasteiger partial charge in [-0.2, -0.15) is 0 Å². The third-order valence-electron chi connectivity index (χ3n) is 4.54. The van der Waals surface area contributed by atoms with Gasteiger partial charge >= 0.3 is 0 Å². The first-order valence-corrected chi connectivity index (χ1v) is 7.35. The molecule has 1 unspecified atom stereocenters. The summed E-state index contributed by atoms with van der Waals surface area (Å²) in [5, 5.41) is 0. The van der Waals surface area contributed by atoms with Gasteiger partial charge in [0.2, 0.25) is 5.91 Å². The van der Waals surface area contributed by atoms with Gasteiger partial charge in [0, 0.05) is 32.1 Å². The zero-order valence-corrected chi connectivity index (χ0v) is 10.7. The molecular formula is C14H24N2O. The smallest absolute Gasteiger partial charge is 0.222 e. The van der Waals surface area contributed by atoms with Crippen molar-refractivity contribution in [2.75, 3.05) is 26.2 Å². The molecule has 1 aliphatic carbocycles. The van der Waals surface area contributed by atoms with E-state index >= 15 is 0 Å². The average molecular weight is 236 g/mol. The van der Waals surface area contributed by atoms with Crippen molar-refractivity contribution in [3.63, 3.8) is 0 Å².